The van der Waals surface area contributed by atoms with Crippen molar-refractivity contribution in [3.05, 3.63) is 40.9 Å². The van der Waals surface area contributed by atoms with E-state index in [0.717, 1.165) is 0 Å². The molecule has 0 bridgehead atoms. The maximum atomic E-state index is 13.8. The number of rotatable bonds is 6. The number of nitrogens with one attached hydrogen (secondary N) is 1. The molecule has 0 saturated heterocycles. The van der Waals surface area contributed by atoms with E-state index in [-0.39, 0.29) is 6.42 Å². The van der Waals surface area contributed by atoms with Crippen molar-refractivity contribution in [1.82, 2.24) is 5.43 Å². The van der Waals surface area contributed by atoms with Crippen LogP contribution >= 0.6 is 0 Å². The first-order valence-corrected chi connectivity index (χ1v) is 6.35. The minimum absolute atomic E-state index is 0.00199. The van der Waals surface area contributed by atoms with E-state index in [4.69, 9.17) is 10.5 Å². The Balaban J connectivity index is 3.09. The van der Waals surface area contributed by atoms with Gasteiger partial charge in [-0.25, -0.2) is 13.2 Å². The molecule has 0 amide bonds. The van der Waals surface area contributed by atoms with Crippen LogP contribution in [-0.2, 0) is 6.42 Å². The van der Waals surface area contributed by atoms with Gasteiger partial charge in [-0.15, -0.1) is 5.23 Å². The first-order valence-electron chi connectivity index (χ1n) is 6.35. The number of nitrogens with zero attached hydrogens (tertiary/aromatic N) is 3. The van der Waals surface area contributed by atoms with Crippen molar-refractivity contribution >= 4 is 5.69 Å². The summed E-state index contributed by atoms with van der Waals surface area (Å²) in [6.45, 7) is 1.81. The highest BCUT2D eigenvalue weighted by Crippen LogP contribution is 2.27. The quantitative estimate of drug-likeness (QED) is 0.287. The van der Waals surface area contributed by atoms with Gasteiger partial charge < -0.3 is 0 Å². The molecule has 22 heavy (non-hydrogen) atoms. The molecule has 1 N–H and O–H groups in total. The lowest BCUT2D eigenvalue weighted by molar-refractivity contribution is 0.379. The van der Waals surface area contributed by atoms with E-state index in [0.29, 0.717) is 25.1 Å². The van der Waals surface area contributed by atoms with Crippen molar-refractivity contribution in [1.29, 1.82) is 10.5 Å². The van der Waals surface area contributed by atoms with Gasteiger partial charge in [0.1, 0.15) is 29.2 Å². The number of anilines is 1. The molecule has 0 aliphatic heterocycles. The summed E-state index contributed by atoms with van der Waals surface area (Å²) in [6.07, 6.45) is 1.76. The molecule has 0 heterocycles. The fraction of sp³-hybridized carbons (Fsp3) is 0.286. The second kappa shape index (κ2) is 7.89. The van der Waals surface area contributed by atoms with Gasteiger partial charge in [-0.3, -0.25) is 5.43 Å². The lowest BCUT2D eigenvalue weighted by atomic mass is 10.1. The molecule has 0 radical (unpaired) electrons. The van der Waals surface area contributed by atoms with Crippen LogP contribution in [0.3, 0.4) is 0 Å². The number of allylic oxidation sites excluding steroid dienone is 1. The summed E-state index contributed by atoms with van der Waals surface area (Å²) in [4.78, 5) is 0. The van der Waals surface area contributed by atoms with Gasteiger partial charge in [0.2, 0.25) is 0 Å². The fourth-order valence-electron chi connectivity index (χ4n) is 1.63. The molecule has 0 unspecified atom stereocenters. The maximum Gasteiger partial charge on any atom is 0.187 e. The predicted octanol–water partition coefficient (Wildman–Crippen LogP) is 3.57. The van der Waals surface area contributed by atoms with Crippen LogP contribution in [0.2, 0.25) is 0 Å². The topological polar surface area (TPSA) is 62.9 Å². The van der Waals surface area contributed by atoms with Gasteiger partial charge in [-0.1, -0.05) is 17.8 Å². The zero-order valence-corrected chi connectivity index (χ0v) is 11.6. The van der Waals surface area contributed by atoms with Gasteiger partial charge in [-0.2, -0.15) is 10.5 Å². The van der Waals surface area contributed by atoms with E-state index in [2.05, 4.69) is 0 Å². The summed E-state index contributed by atoms with van der Waals surface area (Å²) in [5, 5.41) is 16.4. The molecule has 4 nitrogen and oxygen atoms in total. The van der Waals surface area contributed by atoms with Gasteiger partial charge in [0.25, 0.3) is 0 Å². The molecular weight excluding hydrogens is 300 g/mol. The van der Waals surface area contributed by atoms with E-state index in [1.54, 1.807) is 5.43 Å². The molecule has 1 rings (SSSR count). The number of hydrogen-bond acceptors (Lipinski definition) is 4. The molecule has 0 spiro atoms. The molecule has 0 aromatic heterocycles. The Morgan fingerprint density at radius 1 is 1.27 bits per heavy atom. The molecule has 0 fully saturated rings. The van der Waals surface area contributed by atoms with Gasteiger partial charge in [0.15, 0.2) is 11.6 Å². The number of unbranched alkanes of at least 4 members (excludes halogenated alkanes) is 1. The zero-order chi connectivity index (χ0) is 16.7. The van der Waals surface area contributed by atoms with E-state index < -0.39 is 39.5 Å². The molecule has 0 atom stereocenters. The molecule has 1 aromatic carbocycles. The predicted molar refractivity (Wildman–Crippen MR) is 71.0 cm³/mol. The summed E-state index contributed by atoms with van der Waals surface area (Å²) in [5.41, 5.74) is -0.221. The lowest BCUT2D eigenvalue weighted by Crippen LogP contribution is -2.27. The van der Waals surface area contributed by atoms with E-state index in [1.807, 2.05) is 6.92 Å². The van der Waals surface area contributed by atoms with Crippen LogP contribution in [0.1, 0.15) is 25.3 Å². The number of halogens is 4. The number of nitriles is 2. The fourth-order valence-corrected chi connectivity index (χ4v) is 1.63. The average molecular weight is 312 g/mol. The molecule has 0 saturated carbocycles. The van der Waals surface area contributed by atoms with E-state index in [1.165, 1.54) is 12.1 Å². The summed E-state index contributed by atoms with van der Waals surface area (Å²) >= 11 is 0. The lowest BCUT2D eigenvalue weighted by Gasteiger charge is -2.16. The molecule has 1 aromatic rings. The van der Waals surface area contributed by atoms with Crippen molar-refractivity contribution in [3.63, 3.8) is 0 Å². The Hall–Kier alpha value is -2.74. The van der Waals surface area contributed by atoms with Crippen LogP contribution in [0.15, 0.2) is 17.8 Å². The summed E-state index contributed by atoms with van der Waals surface area (Å²) in [5.74, 6) is -4.10. The Labute approximate surface area is 124 Å². The minimum atomic E-state index is -1.56. The standard InChI is InChI=1S/C14H12F4N4/c1-2-3-4-10-11(15)5-12(14(17)13(10)16)22(18)21-8-9(6-19)7-20/h5,8,21H,2-4H2,1H3. The van der Waals surface area contributed by atoms with Crippen molar-refractivity contribution in [2.45, 2.75) is 26.2 Å². The van der Waals surface area contributed by atoms with E-state index >= 15 is 0 Å². The Bertz CT molecular complexity index is 642. The molecule has 0 aliphatic rings. The summed E-state index contributed by atoms with van der Waals surface area (Å²) in [7, 11) is 0. The SMILES string of the molecule is CCCCc1c(F)cc(N(F)NC=C(C#N)C#N)c(F)c1F. The monoisotopic (exact) mass is 312 g/mol. The third-order valence-electron chi connectivity index (χ3n) is 2.79. The van der Waals surface area contributed by atoms with Crippen LogP contribution in [0.5, 0.6) is 0 Å². The highest BCUT2D eigenvalue weighted by Gasteiger charge is 2.22. The van der Waals surface area contributed by atoms with Crippen molar-refractivity contribution in [3.8, 4) is 12.1 Å². The molecular formula is C14H12F4N4. The second-order valence-electron chi connectivity index (χ2n) is 4.28. The average Bonchev–Trinajstić information content (AvgIpc) is 2.51. The molecule has 0 aliphatic carbocycles. The van der Waals surface area contributed by atoms with Gasteiger partial charge >= 0.3 is 0 Å². The number of benzene rings is 1. The highest BCUT2D eigenvalue weighted by molar-refractivity contribution is 5.48. The Morgan fingerprint density at radius 2 is 1.91 bits per heavy atom. The van der Waals surface area contributed by atoms with Crippen LogP contribution in [0.25, 0.3) is 0 Å². The maximum absolute atomic E-state index is 13.8. The first-order chi connectivity index (χ1) is 10.5. The Morgan fingerprint density at radius 3 is 2.45 bits per heavy atom. The molecule has 116 valence electrons. The van der Waals surface area contributed by atoms with Crippen LogP contribution in [-0.4, -0.2) is 0 Å². The number of hydrogen-bond donors (Lipinski definition) is 1. The van der Waals surface area contributed by atoms with Crippen LogP contribution in [0.4, 0.5) is 23.3 Å². The largest absolute Gasteiger partial charge is 0.275 e. The smallest absolute Gasteiger partial charge is 0.187 e. The van der Waals surface area contributed by atoms with Gasteiger partial charge in [-0.05, 0) is 12.8 Å². The van der Waals surface area contributed by atoms with Crippen LogP contribution < -0.4 is 10.7 Å². The van der Waals surface area contributed by atoms with Gasteiger partial charge in [0.05, 0.1) is 0 Å². The Kier molecular flexibility index (Phi) is 6.21. The summed E-state index contributed by atoms with van der Waals surface area (Å²) < 4.78 is 55.0. The van der Waals surface area contributed by atoms with Crippen molar-refractivity contribution < 1.29 is 17.7 Å². The van der Waals surface area contributed by atoms with Crippen LogP contribution in [0, 0.1) is 40.1 Å². The second-order valence-corrected chi connectivity index (χ2v) is 4.28. The third-order valence-corrected chi connectivity index (χ3v) is 2.79. The summed E-state index contributed by atoms with van der Waals surface area (Å²) in [6, 6.07) is 3.36. The van der Waals surface area contributed by atoms with Gasteiger partial charge in [0, 0.05) is 17.8 Å². The zero-order valence-electron chi connectivity index (χ0n) is 11.6. The van der Waals surface area contributed by atoms with Crippen molar-refractivity contribution in [2.75, 3.05) is 5.23 Å². The normalized spacial score (nSPS) is 9.59. The third kappa shape index (κ3) is 3.89. The first kappa shape index (κ1) is 17.3. The van der Waals surface area contributed by atoms with Crippen molar-refractivity contribution in [2.24, 2.45) is 0 Å². The number of hydrazine groups is 1. The minimum Gasteiger partial charge on any atom is -0.275 e. The van der Waals surface area contributed by atoms with E-state index in [9.17, 15) is 17.7 Å². The highest BCUT2D eigenvalue weighted by atomic mass is 19.2. The molecule has 8 heteroatoms.